The number of unbranched alkanes of at least 4 members (excludes halogenated alkanes) is 2. The molecule has 25 heavy (non-hydrogen) atoms. The summed E-state index contributed by atoms with van der Waals surface area (Å²) in [5.74, 6) is -1.87. The highest BCUT2D eigenvalue weighted by Crippen LogP contribution is 2.13. The Kier molecular flexibility index (Phi) is 11.6. The molecule has 140 valence electrons. The second-order valence-electron chi connectivity index (χ2n) is 5.11. The molecule has 1 fully saturated rings. The van der Waals surface area contributed by atoms with E-state index in [2.05, 4.69) is 0 Å². The summed E-state index contributed by atoms with van der Waals surface area (Å²) in [4.78, 5) is 61.9. The normalized spacial score (nSPS) is 13.5. The molecule has 3 amide bonds. The average Bonchev–Trinajstić information content (AvgIpc) is 2.92. The van der Waals surface area contributed by atoms with Crippen LogP contribution < -0.4 is 0 Å². The highest BCUT2D eigenvalue weighted by molar-refractivity contribution is 6.01. The van der Waals surface area contributed by atoms with Crippen molar-refractivity contribution >= 4 is 30.0 Å². The molecule has 1 saturated heterocycles. The van der Waals surface area contributed by atoms with E-state index < -0.39 is 17.8 Å². The number of allylic oxidation sites excluding steroid dienone is 1. The van der Waals surface area contributed by atoms with E-state index in [1.165, 1.54) is 11.0 Å². The number of hydrogen-bond acceptors (Lipinski definition) is 6. The molecule has 0 aromatic heterocycles. The maximum absolute atomic E-state index is 11.5. The molecule has 1 rings (SSSR count). The molecule has 0 aromatic carbocycles. The van der Waals surface area contributed by atoms with Gasteiger partial charge in [-0.3, -0.25) is 19.2 Å². The number of carbonyl (C=O) groups is 5. The Balaban J connectivity index is 0.00000277. The van der Waals surface area contributed by atoms with Crippen molar-refractivity contribution in [2.75, 3.05) is 13.6 Å². The van der Waals surface area contributed by atoms with Crippen LogP contribution in [0.4, 0.5) is 0 Å². The highest BCUT2D eigenvalue weighted by atomic mass is 16.7. The van der Waals surface area contributed by atoms with E-state index in [1.807, 2.05) is 13.8 Å². The number of likely N-dealkylation sites (N-methyl/N-ethyl adjacent to an activating group) is 1. The molecule has 0 aliphatic carbocycles. The fourth-order valence-electron chi connectivity index (χ4n) is 1.96. The molecule has 0 radical (unpaired) electrons. The van der Waals surface area contributed by atoms with Gasteiger partial charge >= 0.3 is 5.97 Å². The van der Waals surface area contributed by atoms with Crippen molar-refractivity contribution in [1.29, 1.82) is 0 Å². The van der Waals surface area contributed by atoms with Crippen LogP contribution in [0.25, 0.3) is 0 Å². The molecule has 0 N–H and O–H groups in total. The lowest BCUT2D eigenvalue weighted by molar-refractivity contribution is -0.197. The van der Waals surface area contributed by atoms with Crippen molar-refractivity contribution in [2.45, 2.75) is 52.4 Å². The summed E-state index contributed by atoms with van der Waals surface area (Å²) in [7, 11) is 1.62. The van der Waals surface area contributed by atoms with Gasteiger partial charge in [-0.1, -0.05) is 20.3 Å². The minimum atomic E-state index is -0.619. The van der Waals surface area contributed by atoms with Crippen molar-refractivity contribution < 1.29 is 28.8 Å². The van der Waals surface area contributed by atoms with Gasteiger partial charge in [0.25, 0.3) is 11.8 Å². The van der Waals surface area contributed by atoms with Crippen molar-refractivity contribution in [2.24, 2.45) is 0 Å². The van der Waals surface area contributed by atoms with Crippen molar-refractivity contribution in [3.8, 4) is 0 Å². The van der Waals surface area contributed by atoms with Crippen LogP contribution in [-0.4, -0.2) is 53.5 Å². The van der Waals surface area contributed by atoms with Crippen LogP contribution >= 0.6 is 0 Å². The Morgan fingerprint density at radius 3 is 2.28 bits per heavy atom. The standard InChI is InChI=1S/C15H20N2O6.C2H6/c1-16(12(19)6-5-11-18)10-4-2-3-7-15(22)23-17-13(20)8-9-14(17)21;1-2/h5-6,11H,2-4,7-10H2,1H3;1-2H3/b6-5-;. The van der Waals surface area contributed by atoms with Gasteiger partial charge in [0.2, 0.25) is 5.91 Å². The zero-order valence-electron chi connectivity index (χ0n) is 15.0. The van der Waals surface area contributed by atoms with Gasteiger partial charge in [-0.15, -0.1) is 5.06 Å². The molecule has 0 atom stereocenters. The van der Waals surface area contributed by atoms with Gasteiger partial charge in [-0.05, 0) is 18.9 Å². The molecule has 0 saturated carbocycles. The van der Waals surface area contributed by atoms with Crippen LogP contribution in [0.15, 0.2) is 12.2 Å². The van der Waals surface area contributed by atoms with Crippen LogP contribution in [0.5, 0.6) is 0 Å². The number of rotatable bonds is 9. The Morgan fingerprint density at radius 1 is 1.12 bits per heavy atom. The Bertz CT molecular complexity index is 499. The summed E-state index contributed by atoms with van der Waals surface area (Å²) in [6.45, 7) is 4.50. The predicted molar refractivity (Wildman–Crippen MR) is 89.8 cm³/mol. The molecule has 1 aliphatic rings. The highest BCUT2D eigenvalue weighted by Gasteiger charge is 2.32. The summed E-state index contributed by atoms with van der Waals surface area (Å²) in [5, 5.41) is 0.536. The van der Waals surface area contributed by atoms with Crippen LogP contribution in [0.1, 0.15) is 52.4 Å². The second kappa shape index (κ2) is 12.9. The van der Waals surface area contributed by atoms with E-state index >= 15 is 0 Å². The molecule has 8 nitrogen and oxygen atoms in total. The van der Waals surface area contributed by atoms with Crippen LogP contribution in [0.3, 0.4) is 0 Å². The Morgan fingerprint density at radius 2 is 1.72 bits per heavy atom. The lowest BCUT2D eigenvalue weighted by Gasteiger charge is -2.15. The van der Waals surface area contributed by atoms with Gasteiger partial charge in [0, 0.05) is 38.9 Å². The summed E-state index contributed by atoms with van der Waals surface area (Å²) < 4.78 is 0. The van der Waals surface area contributed by atoms with Gasteiger partial charge in [-0.2, -0.15) is 0 Å². The van der Waals surface area contributed by atoms with Crippen molar-refractivity contribution in [3.63, 3.8) is 0 Å². The summed E-state index contributed by atoms with van der Waals surface area (Å²) in [6, 6.07) is 0. The third kappa shape index (κ3) is 8.78. The van der Waals surface area contributed by atoms with E-state index in [0.29, 0.717) is 37.2 Å². The van der Waals surface area contributed by atoms with Gasteiger partial charge in [0.05, 0.1) is 0 Å². The van der Waals surface area contributed by atoms with Gasteiger partial charge < -0.3 is 9.74 Å². The molecule has 1 heterocycles. The fraction of sp³-hybridized carbons (Fsp3) is 0.588. The zero-order valence-corrected chi connectivity index (χ0v) is 15.0. The first-order chi connectivity index (χ1) is 12.0. The maximum Gasteiger partial charge on any atom is 0.333 e. The van der Waals surface area contributed by atoms with Crippen molar-refractivity contribution in [3.05, 3.63) is 12.2 Å². The molecule has 0 unspecified atom stereocenters. The van der Waals surface area contributed by atoms with Crippen LogP contribution in [0, 0.1) is 0 Å². The molecule has 0 aromatic rings. The fourth-order valence-corrected chi connectivity index (χ4v) is 1.96. The lowest BCUT2D eigenvalue weighted by Crippen LogP contribution is -2.32. The minimum Gasteiger partial charge on any atom is -0.342 e. The largest absolute Gasteiger partial charge is 0.342 e. The average molecular weight is 354 g/mol. The molecular formula is C17H26N2O6. The van der Waals surface area contributed by atoms with E-state index in [1.54, 1.807) is 7.05 Å². The van der Waals surface area contributed by atoms with Crippen LogP contribution in [-0.2, 0) is 28.8 Å². The quantitative estimate of drug-likeness (QED) is 0.268. The summed E-state index contributed by atoms with van der Waals surface area (Å²) in [6.07, 6.45) is 5.01. The van der Waals surface area contributed by atoms with E-state index in [9.17, 15) is 24.0 Å². The summed E-state index contributed by atoms with van der Waals surface area (Å²) in [5.41, 5.74) is 0. The van der Waals surface area contributed by atoms with E-state index in [-0.39, 0.29) is 25.2 Å². The van der Waals surface area contributed by atoms with E-state index in [0.717, 1.165) is 6.08 Å². The van der Waals surface area contributed by atoms with Gasteiger partial charge in [-0.25, -0.2) is 4.79 Å². The topological polar surface area (TPSA) is 101 Å². The number of aldehydes is 1. The molecule has 0 spiro atoms. The van der Waals surface area contributed by atoms with Crippen LogP contribution in [0.2, 0.25) is 0 Å². The molecule has 1 aliphatic heterocycles. The SMILES string of the molecule is CC.CN(CCCCCC(=O)ON1C(=O)CCC1=O)C(=O)/C=C\C=O. The first-order valence-corrected chi connectivity index (χ1v) is 8.39. The molecule has 0 bridgehead atoms. The third-order valence-corrected chi connectivity index (χ3v) is 3.27. The number of amides is 3. The first-order valence-electron chi connectivity index (χ1n) is 8.39. The molecule has 8 heteroatoms. The zero-order chi connectivity index (χ0) is 19.2. The maximum atomic E-state index is 11.5. The number of hydroxylamine groups is 2. The second-order valence-corrected chi connectivity index (χ2v) is 5.11. The van der Waals surface area contributed by atoms with Crippen molar-refractivity contribution in [1.82, 2.24) is 9.96 Å². The van der Waals surface area contributed by atoms with Gasteiger partial charge in [0.15, 0.2) is 0 Å². The number of imide groups is 1. The number of carbonyl (C=O) groups excluding carboxylic acids is 5. The number of nitrogens with zero attached hydrogens (tertiary/aromatic N) is 2. The third-order valence-electron chi connectivity index (χ3n) is 3.27. The molecular weight excluding hydrogens is 328 g/mol. The lowest BCUT2D eigenvalue weighted by atomic mass is 10.2. The summed E-state index contributed by atoms with van der Waals surface area (Å²) >= 11 is 0. The number of hydrogen-bond donors (Lipinski definition) is 0. The first kappa shape index (κ1) is 22.5. The Hall–Kier alpha value is -2.51. The monoisotopic (exact) mass is 354 g/mol. The smallest absolute Gasteiger partial charge is 0.333 e. The Labute approximate surface area is 147 Å². The predicted octanol–water partition coefficient (Wildman–Crippen LogP) is 1.39. The van der Waals surface area contributed by atoms with E-state index in [4.69, 9.17) is 4.84 Å². The minimum absolute atomic E-state index is 0.0744. The van der Waals surface area contributed by atoms with Gasteiger partial charge in [0.1, 0.15) is 6.29 Å².